The van der Waals surface area contributed by atoms with Crippen molar-refractivity contribution in [2.24, 2.45) is 17.3 Å². The smallest absolute Gasteiger partial charge is 0.272 e. The van der Waals surface area contributed by atoms with Crippen molar-refractivity contribution in [3.05, 3.63) is 59.5 Å². The van der Waals surface area contributed by atoms with E-state index in [1.807, 2.05) is 36.5 Å². The van der Waals surface area contributed by atoms with Crippen LogP contribution in [0, 0.1) is 5.82 Å². The van der Waals surface area contributed by atoms with E-state index < -0.39 is 29.5 Å². The Hall–Kier alpha value is -3.14. The summed E-state index contributed by atoms with van der Waals surface area (Å²) >= 11 is 0. The molecule has 10 heteroatoms. The van der Waals surface area contributed by atoms with Crippen LogP contribution in [0.4, 0.5) is 18.9 Å². The first kappa shape index (κ1) is 23.5. The van der Waals surface area contributed by atoms with E-state index in [0.29, 0.717) is 5.56 Å². The molecule has 0 aliphatic rings. The fourth-order valence-electron chi connectivity index (χ4n) is 3.11. The molecule has 1 atom stereocenters. The first-order valence-electron chi connectivity index (χ1n) is 9.77. The van der Waals surface area contributed by atoms with Gasteiger partial charge >= 0.3 is 0 Å². The largest absolute Gasteiger partial charge is 0.470 e. The Kier molecular flexibility index (Phi) is 7.68. The maximum Gasteiger partial charge on any atom is 0.272 e. The van der Waals surface area contributed by atoms with Crippen molar-refractivity contribution in [1.29, 1.82) is 0 Å². The summed E-state index contributed by atoms with van der Waals surface area (Å²) in [4.78, 5) is 0. The predicted molar refractivity (Wildman–Crippen MR) is 127 cm³/mol. The number of halogens is 3. The minimum absolute atomic E-state index is 0.200. The molecule has 170 valence electrons. The van der Waals surface area contributed by atoms with Crippen LogP contribution in [0.5, 0.6) is 0 Å². The van der Waals surface area contributed by atoms with Gasteiger partial charge in [0.05, 0.1) is 18.3 Å². The molecule has 0 amide bonds. The SMILES string of the molecule is C=N/N=C(\OCC(F)F)c1ccc(CN(c2ccc3cnn(C)c3c2)S(=C)CC)c(F)c1. The van der Waals surface area contributed by atoms with E-state index >= 15 is 0 Å². The van der Waals surface area contributed by atoms with Gasteiger partial charge in [-0.25, -0.2) is 13.2 Å². The van der Waals surface area contributed by atoms with E-state index in [9.17, 15) is 13.2 Å². The average molecular weight is 464 g/mol. The molecule has 0 radical (unpaired) electrons. The number of nitrogens with zero attached hydrogens (tertiary/aromatic N) is 5. The fourth-order valence-corrected chi connectivity index (χ4v) is 4.16. The van der Waals surface area contributed by atoms with Gasteiger partial charge in [0, 0.05) is 41.7 Å². The molecule has 0 N–H and O–H groups in total. The number of aromatic nitrogens is 2. The van der Waals surface area contributed by atoms with Crippen molar-refractivity contribution in [2.75, 3.05) is 16.7 Å². The van der Waals surface area contributed by atoms with E-state index in [2.05, 4.69) is 27.9 Å². The van der Waals surface area contributed by atoms with Gasteiger partial charge in [-0.05, 0) is 30.3 Å². The third-order valence-corrected chi connectivity index (χ3v) is 6.42. The molecule has 1 heterocycles. The minimum atomic E-state index is -2.69. The highest BCUT2D eigenvalue weighted by molar-refractivity contribution is 8.15. The van der Waals surface area contributed by atoms with Gasteiger partial charge < -0.3 is 9.04 Å². The molecular weight excluding hydrogens is 439 g/mol. The summed E-state index contributed by atoms with van der Waals surface area (Å²) in [6.07, 6.45) is -0.901. The molecule has 2 aromatic carbocycles. The Balaban J connectivity index is 1.91. The lowest BCUT2D eigenvalue weighted by Crippen LogP contribution is -2.18. The summed E-state index contributed by atoms with van der Waals surface area (Å²) in [5.41, 5.74) is 2.49. The number of alkyl halides is 2. The molecule has 0 saturated carbocycles. The van der Waals surface area contributed by atoms with E-state index in [1.165, 1.54) is 6.07 Å². The van der Waals surface area contributed by atoms with Crippen molar-refractivity contribution >= 4 is 45.7 Å². The maximum absolute atomic E-state index is 15.0. The number of rotatable bonds is 9. The number of hydrogen-bond acceptors (Lipinski definition) is 5. The molecule has 3 aromatic rings. The van der Waals surface area contributed by atoms with Gasteiger partial charge in [-0.1, -0.05) is 18.9 Å². The van der Waals surface area contributed by atoms with Crippen LogP contribution in [0.3, 0.4) is 0 Å². The molecule has 3 rings (SSSR count). The fraction of sp³-hybridized carbons (Fsp3) is 0.273. The lowest BCUT2D eigenvalue weighted by molar-refractivity contribution is 0.0765. The van der Waals surface area contributed by atoms with Crippen molar-refractivity contribution < 1.29 is 17.9 Å². The van der Waals surface area contributed by atoms with Gasteiger partial charge in [-0.2, -0.15) is 10.2 Å². The van der Waals surface area contributed by atoms with Gasteiger partial charge in [0.15, 0.2) is 6.61 Å². The summed E-state index contributed by atoms with van der Waals surface area (Å²) in [6, 6.07) is 10.3. The van der Waals surface area contributed by atoms with Gasteiger partial charge in [0.2, 0.25) is 5.90 Å². The Morgan fingerprint density at radius 1 is 1.28 bits per heavy atom. The monoisotopic (exact) mass is 463 g/mol. The highest BCUT2D eigenvalue weighted by atomic mass is 32.2. The van der Waals surface area contributed by atoms with Gasteiger partial charge in [0.1, 0.15) is 5.82 Å². The van der Waals surface area contributed by atoms with Crippen LogP contribution in [0.2, 0.25) is 0 Å². The Labute approximate surface area is 187 Å². The summed E-state index contributed by atoms with van der Waals surface area (Å²) in [6.45, 7) is 4.63. The van der Waals surface area contributed by atoms with Crippen molar-refractivity contribution in [3.8, 4) is 0 Å². The molecule has 0 saturated heterocycles. The van der Waals surface area contributed by atoms with Crippen LogP contribution in [0.25, 0.3) is 10.9 Å². The van der Waals surface area contributed by atoms with E-state index in [1.54, 1.807) is 23.0 Å². The standard InChI is InChI=1S/C22H24F3N5OS/c1-5-32(4)30(18-9-8-16-12-27-29(3)20(16)11-18)13-17-7-6-15(10-19(17)23)22(28-26-2)31-14-21(24)25/h6-12,21H,2,4-5,13-14H2,1,3H3/b28-22-. The van der Waals surface area contributed by atoms with Crippen LogP contribution in [0.1, 0.15) is 18.1 Å². The molecule has 0 aliphatic carbocycles. The number of fused-ring (bicyclic) bond motifs is 1. The van der Waals surface area contributed by atoms with E-state index in [0.717, 1.165) is 22.3 Å². The zero-order valence-electron chi connectivity index (χ0n) is 17.8. The molecule has 1 unspecified atom stereocenters. The quantitative estimate of drug-likeness (QED) is 0.194. The maximum atomic E-state index is 15.0. The summed E-state index contributed by atoms with van der Waals surface area (Å²) in [5.74, 6) is 4.30. The number of hydrogen-bond donors (Lipinski definition) is 0. The van der Waals surface area contributed by atoms with E-state index in [4.69, 9.17) is 4.74 Å². The van der Waals surface area contributed by atoms with Crippen LogP contribution >= 0.6 is 10.7 Å². The van der Waals surface area contributed by atoms with Crippen molar-refractivity contribution in [2.45, 2.75) is 19.9 Å². The molecular formula is C22H24F3N5OS. The molecule has 0 aliphatic heterocycles. The minimum Gasteiger partial charge on any atom is -0.470 e. The van der Waals surface area contributed by atoms with E-state index in [-0.39, 0.29) is 18.0 Å². The lowest BCUT2D eigenvalue weighted by Gasteiger charge is -2.27. The number of benzene rings is 2. The average Bonchev–Trinajstić information content (AvgIpc) is 3.15. The molecule has 0 bridgehead atoms. The lowest BCUT2D eigenvalue weighted by atomic mass is 10.1. The number of anilines is 1. The highest BCUT2D eigenvalue weighted by Crippen LogP contribution is 2.32. The third-order valence-electron chi connectivity index (χ3n) is 4.79. The topological polar surface area (TPSA) is 55.0 Å². The predicted octanol–water partition coefficient (Wildman–Crippen LogP) is 5.00. The number of aryl methyl sites for hydroxylation is 1. The van der Waals surface area contributed by atoms with Crippen molar-refractivity contribution in [3.63, 3.8) is 0 Å². The van der Waals surface area contributed by atoms with Gasteiger partial charge in [0.25, 0.3) is 6.43 Å². The molecule has 1 aromatic heterocycles. The van der Waals surface area contributed by atoms with Crippen LogP contribution in [-0.4, -0.2) is 47.1 Å². The number of ether oxygens (including phenoxy) is 1. The zero-order chi connectivity index (χ0) is 23.3. The highest BCUT2D eigenvalue weighted by Gasteiger charge is 2.16. The first-order chi connectivity index (χ1) is 15.3. The molecule has 0 fully saturated rings. The second kappa shape index (κ2) is 10.4. The Bertz CT molecular complexity index is 1160. The Morgan fingerprint density at radius 3 is 2.72 bits per heavy atom. The Morgan fingerprint density at radius 2 is 2.06 bits per heavy atom. The molecule has 0 spiro atoms. The second-order valence-corrected chi connectivity index (χ2v) is 8.80. The van der Waals surface area contributed by atoms with Gasteiger partial charge in [-0.3, -0.25) is 4.68 Å². The zero-order valence-corrected chi connectivity index (χ0v) is 18.7. The third kappa shape index (κ3) is 5.37. The van der Waals surface area contributed by atoms with Crippen molar-refractivity contribution in [1.82, 2.24) is 9.78 Å². The first-order valence-corrected chi connectivity index (χ1v) is 11.3. The van der Waals surface area contributed by atoms with Crippen LogP contribution < -0.4 is 4.31 Å². The van der Waals surface area contributed by atoms with Crippen LogP contribution in [0.15, 0.2) is 52.8 Å². The summed E-state index contributed by atoms with van der Waals surface area (Å²) in [7, 11) is 1.46. The molecule has 6 nitrogen and oxygen atoms in total. The molecule has 32 heavy (non-hydrogen) atoms. The summed E-state index contributed by atoms with van der Waals surface area (Å²) < 4.78 is 48.8. The van der Waals surface area contributed by atoms with Crippen LogP contribution in [-0.2, 0) is 18.3 Å². The van der Waals surface area contributed by atoms with Gasteiger partial charge in [-0.15, -0.1) is 15.8 Å². The summed E-state index contributed by atoms with van der Waals surface area (Å²) in [5, 5.41) is 12.2. The normalized spacial score (nSPS) is 12.9. The second-order valence-electron chi connectivity index (χ2n) is 6.85.